The van der Waals surface area contributed by atoms with Gasteiger partial charge in [-0.1, -0.05) is 0 Å². The molecule has 7 nitrogen and oxygen atoms in total. The fourth-order valence-corrected chi connectivity index (χ4v) is 3.04. The van der Waals surface area contributed by atoms with Crippen LogP contribution in [-0.4, -0.2) is 58.4 Å². The Balaban J connectivity index is 1.89. The van der Waals surface area contributed by atoms with E-state index in [0.29, 0.717) is 24.2 Å². The number of hydrogen-bond donors (Lipinski definition) is 0. The van der Waals surface area contributed by atoms with Crippen LogP contribution in [0.4, 0.5) is 4.79 Å². The number of likely N-dealkylation sites (tertiary alicyclic amines) is 1. The standard InChI is InChI=1S/C17H30N4O3/c1-12(15-19-18-13(2)23-15)21-9-7-8-14(11-21)10-20(6)16(22)24-17(3,4)5/h12,14H,7-11H2,1-6H3/t12-,14+/m1/s1. The summed E-state index contributed by atoms with van der Waals surface area (Å²) >= 11 is 0. The van der Waals surface area contributed by atoms with E-state index in [1.165, 1.54) is 0 Å². The van der Waals surface area contributed by atoms with E-state index in [9.17, 15) is 4.79 Å². The minimum absolute atomic E-state index is 0.0980. The molecule has 24 heavy (non-hydrogen) atoms. The van der Waals surface area contributed by atoms with Gasteiger partial charge in [0.05, 0.1) is 6.04 Å². The number of aromatic nitrogens is 2. The Kier molecular flexibility index (Phi) is 5.85. The fourth-order valence-electron chi connectivity index (χ4n) is 3.04. The highest BCUT2D eigenvalue weighted by Gasteiger charge is 2.29. The lowest BCUT2D eigenvalue weighted by molar-refractivity contribution is 0.0226. The highest BCUT2D eigenvalue weighted by molar-refractivity contribution is 5.67. The van der Waals surface area contributed by atoms with E-state index in [2.05, 4.69) is 22.0 Å². The van der Waals surface area contributed by atoms with Gasteiger partial charge in [0.25, 0.3) is 0 Å². The van der Waals surface area contributed by atoms with Gasteiger partial charge in [-0.25, -0.2) is 4.79 Å². The number of rotatable bonds is 4. The molecule has 2 heterocycles. The molecule has 1 saturated heterocycles. The smallest absolute Gasteiger partial charge is 0.410 e. The third-order valence-corrected chi connectivity index (χ3v) is 4.23. The van der Waals surface area contributed by atoms with Crippen molar-refractivity contribution in [2.75, 3.05) is 26.7 Å². The summed E-state index contributed by atoms with van der Waals surface area (Å²) in [5.41, 5.74) is -0.464. The molecule has 136 valence electrons. The van der Waals surface area contributed by atoms with Crippen LogP contribution >= 0.6 is 0 Å². The van der Waals surface area contributed by atoms with E-state index in [0.717, 1.165) is 25.9 Å². The lowest BCUT2D eigenvalue weighted by Gasteiger charge is -2.37. The Hall–Kier alpha value is -1.63. The molecule has 0 spiro atoms. The van der Waals surface area contributed by atoms with Gasteiger partial charge in [0.1, 0.15) is 5.60 Å². The molecule has 0 aromatic carbocycles. The molecular formula is C17H30N4O3. The van der Waals surface area contributed by atoms with Crippen molar-refractivity contribution in [3.8, 4) is 0 Å². The van der Waals surface area contributed by atoms with Gasteiger partial charge in [0.2, 0.25) is 11.8 Å². The van der Waals surface area contributed by atoms with E-state index >= 15 is 0 Å². The second kappa shape index (κ2) is 7.51. The first-order valence-electron chi connectivity index (χ1n) is 8.64. The van der Waals surface area contributed by atoms with Crippen LogP contribution in [0.15, 0.2) is 4.42 Å². The molecule has 0 radical (unpaired) electrons. The average molecular weight is 338 g/mol. The van der Waals surface area contributed by atoms with Crippen LogP contribution in [0.5, 0.6) is 0 Å². The Morgan fingerprint density at radius 1 is 1.46 bits per heavy atom. The quantitative estimate of drug-likeness (QED) is 0.840. The van der Waals surface area contributed by atoms with Gasteiger partial charge in [-0.15, -0.1) is 10.2 Å². The van der Waals surface area contributed by atoms with Crippen molar-refractivity contribution >= 4 is 6.09 Å². The summed E-state index contributed by atoms with van der Waals surface area (Å²) in [6, 6.07) is 0.0980. The number of nitrogens with zero attached hydrogens (tertiary/aromatic N) is 4. The lowest BCUT2D eigenvalue weighted by atomic mass is 9.96. The van der Waals surface area contributed by atoms with Crippen molar-refractivity contribution in [3.63, 3.8) is 0 Å². The first-order valence-corrected chi connectivity index (χ1v) is 8.64. The normalized spacial score (nSPS) is 20.7. The predicted octanol–water partition coefficient (Wildman–Crippen LogP) is 3.02. The van der Waals surface area contributed by atoms with Crippen molar-refractivity contribution in [2.45, 2.75) is 59.1 Å². The highest BCUT2D eigenvalue weighted by atomic mass is 16.6. The van der Waals surface area contributed by atoms with Crippen molar-refractivity contribution in [1.82, 2.24) is 20.0 Å². The highest BCUT2D eigenvalue weighted by Crippen LogP contribution is 2.26. The Bertz CT molecular complexity index is 552. The average Bonchev–Trinajstić information content (AvgIpc) is 2.91. The van der Waals surface area contributed by atoms with Gasteiger partial charge < -0.3 is 14.1 Å². The summed E-state index contributed by atoms with van der Waals surface area (Å²) in [6.07, 6.45) is 1.95. The van der Waals surface area contributed by atoms with E-state index in [1.807, 2.05) is 20.8 Å². The van der Waals surface area contributed by atoms with E-state index in [1.54, 1.807) is 18.9 Å². The summed E-state index contributed by atoms with van der Waals surface area (Å²) in [6.45, 7) is 12.2. The maximum absolute atomic E-state index is 12.1. The minimum atomic E-state index is -0.464. The van der Waals surface area contributed by atoms with Crippen LogP contribution in [0.25, 0.3) is 0 Å². The molecule has 0 unspecified atom stereocenters. The Morgan fingerprint density at radius 3 is 2.75 bits per heavy atom. The molecule has 7 heteroatoms. The van der Waals surface area contributed by atoms with Crippen molar-refractivity contribution in [1.29, 1.82) is 0 Å². The third kappa shape index (κ3) is 5.19. The van der Waals surface area contributed by atoms with Crippen molar-refractivity contribution in [2.24, 2.45) is 5.92 Å². The van der Waals surface area contributed by atoms with Crippen LogP contribution in [0.3, 0.4) is 0 Å². The molecule has 2 atom stereocenters. The molecule has 1 amide bonds. The monoisotopic (exact) mass is 338 g/mol. The van der Waals surface area contributed by atoms with Gasteiger partial charge >= 0.3 is 6.09 Å². The van der Waals surface area contributed by atoms with Gasteiger partial charge in [-0.3, -0.25) is 4.90 Å². The summed E-state index contributed by atoms with van der Waals surface area (Å²) < 4.78 is 11.0. The Labute approximate surface area is 144 Å². The molecule has 0 bridgehead atoms. The first-order chi connectivity index (χ1) is 11.2. The second-order valence-electron chi connectivity index (χ2n) is 7.70. The maximum atomic E-state index is 12.1. The molecule has 1 aliphatic heterocycles. The summed E-state index contributed by atoms with van der Waals surface area (Å²) in [5, 5.41) is 8.05. The van der Waals surface area contributed by atoms with Gasteiger partial charge in [-0.05, 0) is 53.0 Å². The molecule has 0 aliphatic carbocycles. The summed E-state index contributed by atoms with van der Waals surface area (Å²) in [5.74, 6) is 1.67. The van der Waals surface area contributed by atoms with Gasteiger partial charge in [0, 0.05) is 27.1 Å². The summed E-state index contributed by atoms with van der Waals surface area (Å²) in [4.78, 5) is 16.2. The molecule has 0 N–H and O–H groups in total. The number of ether oxygens (including phenoxy) is 1. The number of piperidine rings is 1. The number of hydrogen-bond acceptors (Lipinski definition) is 6. The fraction of sp³-hybridized carbons (Fsp3) is 0.824. The first kappa shape index (κ1) is 18.7. The topological polar surface area (TPSA) is 71.7 Å². The number of amides is 1. The zero-order chi connectivity index (χ0) is 17.9. The zero-order valence-electron chi connectivity index (χ0n) is 15.7. The Morgan fingerprint density at radius 2 is 2.17 bits per heavy atom. The zero-order valence-corrected chi connectivity index (χ0v) is 15.7. The van der Waals surface area contributed by atoms with Crippen LogP contribution in [0, 0.1) is 12.8 Å². The second-order valence-corrected chi connectivity index (χ2v) is 7.70. The molecule has 1 aliphatic rings. The maximum Gasteiger partial charge on any atom is 0.410 e. The molecule has 1 fully saturated rings. The van der Waals surface area contributed by atoms with Gasteiger partial charge in [0.15, 0.2) is 0 Å². The predicted molar refractivity (Wildman–Crippen MR) is 90.6 cm³/mol. The lowest BCUT2D eigenvalue weighted by Crippen LogP contribution is -2.43. The van der Waals surface area contributed by atoms with Crippen LogP contribution in [-0.2, 0) is 4.74 Å². The van der Waals surface area contributed by atoms with Crippen LogP contribution < -0.4 is 0 Å². The third-order valence-electron chi connectivity index (χ3n) is 4.23. The minimum Gasteiger partial charge on any atom is -0.444 e. The van der Waals surface area contributed by atoms with Crippen LogP contribution in [0.1, 0.15) is 58.4 Å². The van der Waals surface area contributed by atoms with E-state index < -0.39 is 5.60 Å². The van der Waals surface area contributed by atoms with Crippen LogP contribution in [0.2, 0.25) is 0 Å². The molecular weight excluding hydrogens is 308 g/mol. The SMILES string of the molecule is Cc1nnc([C@@H](C)N2CCC[C@@H](CN(C)C(=O)OC(C)(C)C)C2)o1. The summed E-state index contributed by atoms with van der Waals surface area (Å²) in [7, 11) is 1.80. The number of aryl methyl sites for hydroxylation is 1. The number of carbonyl (C=O) groups excluding carboxylic acids is 1. The molecule has 2 rings (SSSR count). The van der Waals surface area contributed by atoms with Crippen molar-refractivity contribution < 1.29 is 13.9 Å². The number of carbonyl (C=O) groups is 1. The molecule has 1 aromatic rings. The van der Waals surface area contributed by atoms with E-state index in [4.69, 9.17) is 9.15 Å². The largest absolute Gasteiger partial charge is 0.444 e. The molecule has 0 saturated carbocycles. The van der Waals surface area contributed by atoms with E-state index in [-0.39, 0.29) is 12.1 Å². The van der Waals surface area contributed by atoms with Gasteiger partial charge in [-0.2, -0.15) is 0 Å². The molecule has 1 aromatic heterocycles. The van der Waals surface area contributed by atoms with Crippen molar-refractivity contribution in [3.05, 3.63) is 11.8 Å².